The average molecular weight is 220 g/mol. The first-order valence-corrected chi connectivity index (χ1v) is 6.52. The number of hydrogen-bond acceptors (Lipinski definition) is 1. The van der Waals surface area contributed by atoms with E-state index in [0.29, 0.717) is 17.8 Å². The molecule has 0 unspecified atom stereocenters. The van der Waals surface area contributed by atoms with E-state index in [9.17, 15) is 5.11 Å². The normalized spacial score (nSPS) is 43.5. The van der Waals surface area contributed by atoms with Gasteiger partial charge < -0.3 is 5.11 Å². The van der Waals surface area contributed by atoms with Crippen molar-refractivity contribution in [2.24, 2.45) is 23.7 Å². The van der Waals surface area contributed by atoms with Crippen LogP contribution in [0.2, 0.25) is 0 Å². The summed E-state index contributed by atoms with van der Waals surface area (Å²) < 4.78 is 0. The van der Waals surface area contributed by atoms with E-state index in [2.05, 4.69) is 33.4 Å². The number of allylic oxidation sites excluding steroid dienone is 2. The molecule has 1 N–H and O–H groups in total. The van der Waals surface area contributed by atoms with Crippen LogP contribution in [0.25, 0.3) is 0 Å². The van der Waals surface area contributed by atoms with Crippen LogP contribution in [0.15, 0.2) is 23.8 Å². The molecule has 2 aliphatic carbocycles. The zero-order chi connectivity index (χ0) is 11.9. The van der Waals surface area contributed by atoms with E-state index in [1.165, 1.54) is 24.0 Å². The lowest BCUT2D eigenvalue weighted by atomic mass is 9.61. The Labute approximate surface area is 99.3 Å². The van der Waals surface area contributed by atoms with Crippen LogP contribution in [-0.2, 0) is 0 Å². The highest BCUT2D eigenvalue weighted by atomic mass is 16.3. The average Bonchev–Trinajstić information content (AvgIpc) is 2.21. The van der Waals surface area contributed by atoms with Gasteiger partial charge in [0, 0.05) is 0 Å². The third-order valence-corrected chi connectivity index (χ3v) is 4.73. The van der Waals surface area contributed by atoms with Crippen LogP contribution in [0.1, 0.15) is 40.0 Å². The number of rotatable bonds is 1. The Bertz CT molecular complexity index is 315. The lowest BCUT2D eigenvalue weighted by molar-refractivity contribution is 0.0731. The Balaban J connectivity index is 2.28. The van der Waals surface area contributed by atoms with Crippen LogP contribution >= 0.6 is 0 Å². The van der Waals surface area contributed by atoms with Crippen molar-refractivity contribution in [2.75, 3.05) is 0 Å². The summed E-state index contributed by atoms with van der Waals surface area (Å²) in [6.45, 7) is 10.7. The highest BCUT2D eigenvalue weighted by Gasteiger charge is 2.40. The maximum atomic E-state index is 9.97. The summed E-state index contributed by atoms with van der Waals surface area (Å²) in [6.07, 6.45) is 5.65. The quantitative estimate of drug-likeness (QED) is 0.670. The van der Waals surface area contributed by atoms with Crippen LogP contribution in [0.4, 0.5) is 0 Å². The van der Waals surface area contributed by atoms with Crippen molar-refractivity contribution in [3.8, 4) is 0 Å². The minimum Gasteiger partial charge on any atom is -0.389 e. The van der Waals surface area contributed by atoms with Gasteiger partial charge in [0.1, 0.15) is 0 Å². The predicted molar refractivity (Wildman–Crippen MR) is 68.1 cm³/mol. The molecule has 2 aliphatic rings. The third-order valence-electron chi connectivity index (χ3n) is 4.73. The fourth-order valence-corrected chi connectivity index (χ4v) is 3.59. The van der Waals surface area contributed by atoms with Gasteiger partial charge in [-0.2, -0.15) is 0 Å². The van der Waals surface area contributed by atoms with Crippen LogP contribution in [0.5, 0.6) is 0 Å². The first-order chi connectivity index (χ1) is 7.50. The molecule has 0 bridgehead atoms. The minimum absolute atomic E-state index is 0.201. The molecule has 5 atom stereocenters. The van der Waals surface area contributed by atoms with Crippen molar-refractivity contribution in [3.05, 3.63) is 23.8 Å². The second-order valence-electron chi connectivity index (χ2n) is 5.91. The maximum Gasteiger partial charge on any atom is 0.0750 e. The molecule has 1 fully saturated rings. The van der Waals surface area contributed by atoms with Crippen LogP contribution in [-0.4, -0.2) is 11.2 Å². The molecule has 0 spiro atoms. The van der Waals surface area contributed by atoms with E-state index >= 15 is 0 Å². The Morgan fingerprint density at radius 3 is 2.75 bits per heavy atom. The molecule has 0 amide bonds. The summed E-state index contributed by atoms with van der Waals surface area (Å²) in [4.78, 5) is 0. The molecule has 0 heterocycles. The minimum atomic E-state index is -0.201. The molecule has 0 aliphatic heterocycles. The molecule has 90 valence electrons. The monoisotopic (exact) mass is 220 g/mol. The van der Waals surface area contributed by atoms with E-state index in [1.54, 1.807) is 0 Å². The zero-order valence-electron chi connectivity index (χ0n) is 10.7. The van der Waals surface area contributed by atoms with Gasteiger partial charge in [-0.05, 0) is 62.4 Å². The summed E-state index contributed by atoms with van der Waals surface area (Å²) in [5, 5.41) is 9.97. The van der Waals surface area contributed by atoms with Crippen molar-refractivity contribution in [2.45, 2.75) is 46.1 Å². The van der Waals surface area contributed by atoms with E-state index in [4.69, 9.17) is 0 Å². The van der Waals surface area contributed by atoms with E-state index < -0.39 is 0 Å². The van der Waals surface area contributed by atoms with Crippen molar-refractivity contribution in [1.82, 2.24) is 0 Å². The largest absolute Gasteiger partial charge is 0.389 e. The Morgan fingerprint density at radius 1 is 1.44 bits per heavy atom. The molecular formula is C15H24O. The van der Waals surface area contributed by atoms with E-state index in [1.807, 2.05) is 0 Å². The smallest absolute Gasteiger partial charge is 0.0750 e. The lowest BCUT2D eigenvalue weighted by Crippen LogP contribution is -2.38. The second kappa shape index (κ2) is 4.37. The summed E-state index contributed by atoms with van der Waals surface area (Å²) in [7, 11) is 0. The number of aliphatic hydroxyl groups is 1. The molecule has 0 aromatic carbocycles. The predicted octanol–water partition coefficient (Wildman–Crippen LogP) is 3.55. The molecule has 1 saturated carbocycles. The molecule has 0 radical (unpaired) electrons. The van der Waals surface area contributed by atoms with Crippen molar-refractivity contribution in [1.29, 1.82) is 0 Å². The van der Waals surface area contributed by atoms with E-state index in [-0.39, 0.29) is 6.10 Å². The van der Waals surface area contributed by atoms with Gasteiger partial charge in [-0.1, -0.05) is 25.2 Å². The fraction of sp³-hybridized carbons (Fsp3) is 0.733. The molecule has 16 heavy (non-hydrogen) atoms. The highest BCUT2D eigenvalue weighted by molar-refractivity contribution is 5.18. The van der Waals surface area contributed by atoms with Crippen LogP contribution in [0.3, 0.4) is 0 Å². The van der Waals surface area contributed by atoms with Crippen LogP contribution in [0, 0.1) is 23.7 Å². The first kappa shape index (κ1) is 11.9. The fourth-order valence-electron chi connectivity index (χ4n) is 3.59. The third kappa shape index (κ3) is 1.98. The topological polar surface area (TPSA) is 20.2 Å². The zero-order valence-corrected chi connectivity index (χ0v) is 10.7. The number of fused-ring (bicyclic) bond motifs is 1. The standard InChI is InChI=1S/C15H24O/c1-9(2)12-6-5-10(3)13-8-15(16)11(4)7-14(12)13/h7,10,12-16H,1,5-6,8H2,2-4H3/t10-,12+,13+,14+,15+/m1/s1. The Hall–Kier alpha value is -0.560. The van der Waals surface area contributed by atoms with Gasteiger partial charge in [-0.3, -0.25) is 0 Å². The molecule has 0 aromatic rings. The molecule has 0 saturated heterocycles. The van der Waals surface area contributed by atoms with Gasteiger partial charge in [0.15, 0.2) is 0 Å². The molecule has 1 heteroatoms. The molecule has 2 rings (SSSR count). The van der Waals surface area contributed by atoms with Crippen molar-refractivity contribution in [3.63, 3.8) is 0 Å². The van der Waals surface area contributed by atoms with Gasteiger partial charge in [0.25, 0.3) is 0 Å². The molecular weight excluding hydrogens is 196 g/mol. The number of hydrogen-bond donors (Lipinski definition) is 1. The van der Waals surface area contributed by atoms with E-state index in [0.717, 1.165) is 12.3 Å². The second-order valence-corrected chi connectivity index (χ2v) is 5.91. The summed E-state index contributed by atoms with van der Waals surface area (Å²) in [5.74, 6) is 2.68. The summed E-state index contributed by atoms with van der Waals surface area (Å²) in [6, 6.07) is 0. The van der Waals surface area contributed by atoms with Gasteiger partial charge in [0.05, 0.1) is 6.10 Å². The molecule has 0 aromatic heterocycles. The van der Waals surface area contributed by atoms with Crippen molar-refractivity contribution < 1.29 is 5.11 Å². The first-order valence-electron chi connectivity index (χ1n) is 6.52. The summed E-state index contributed by atoms with van der Waals surface area (Å²) in [5.41, 5.74) is 2.49. The van der Waals surface area contributed by atoms with Crippen molar-refractivity contribution >= 4 is 0 Å². The highest BCUT2D eigenvalue weighted by Crippen LogP contribution is 2.47. The molecule has 1 nitrogen and oxygen atoms in total. The van der Waals surface area contributed by atoms with Gasteiger partial charge in [0.2, 0.25) is 0 Å². The Morgan fingerprint density at radius 2 is 2.12 bits per heavy atom. The maximum absolute atomic E-state index is 9.97. The van der Waals surface area contributed by atoms with Gasteiger partial charge >= 0.3 is 0 Å². The lowest BCUT2D eigenvalue weighted by Gasteiger charge is -2.45. The van der Waals surface area contributed by atoms with Gasteiger partial charge in [-0.15, -0.1) is 0 Å². The number of aliphatic hydroxyl groups excluding tert-OH is 1. The van der Waals surface area contributed by atoms with Gasteiger partial charge in [-0.25, -0.2) is 0 Å². The SMILES string of the molecule is C=C(C)[C@@H]1CC[C@@H](C)[C@@H]2C[C@H](O)C(C)=C[C@H]21. The summed E-state index contributed by atoms with van der Waals surface area (Å²) >= 11 is 0. The van der Waals surface area contributed by atoms with Crippen LogP contribution < -0.4 is 0 Å². The Kier molecular flexibility index (Phi) is 3.25.